The van der Waals surface area contributed by atoms with Gasteiger partial charge in [0.25, 0.3) is 0 Å². The number of carbonyl (C=O) groups is 1. The smallest absolute Gasteiger partial charge is 0.230 e. The van der Waals surface area contributed by atoms with Crippen molar-refractivity contribution in [3.63, 3.8) is 0 Å². The monoisotopic (exact) mass is 367 g/mol. The maximum absolute atomic E-state index is 12.0. The summed E-state index contributed by atoms with van der Waals surface area (Å²) in [6, 6.07) is 10.1. The Morgan fingerprint density at radius 3 is 2.46 bits per heavy atom. The molecule has 0 aliphatic carbocycles. The van der Waals surface area contributed by atoms with E-state index in [-0.39, 0.29) is 5.91 Å². The van der Waals surface area contributed by atoms with Crippen molar-refractivity contribution in [2.24, 2.45) is 0 Å². The average Bonchev–Trinajstić information content (AvgIpc) is 3.11. The molecule has 0 aliphatic rings. The molecule has 3 aromatic rings. The summed E-state index contributed by atoms with van der Waals surface area (Å²) in [4.78, 5) is 24.7. The fourth-order valence-electron chi connectivity index (χ4n) is 2.49. The molecule has 7 heteroatoms. The van der Waals surface area contributed by atoms with Gasteiger partial charge in [-0.25, -0.2) is 15.0 Å². The van der Waals surface area contributed by atoms with Crippen molar-refractivity contribution in [3.8, 4) is 0 Å². The number of hydrogen-bond donors (Lipinski definition) is 1. The predicted octanol–water partition coefficient (Wildman–Crippen LogP) is 2.75. The molecule has 0 saturated carbocycles. The molecule has 3 rings (SSSR count). The van der Waals surface area contributed by atoms with Crippen LogP contribution >= 0.6 is 11.8 Å². The number of aryl methyl sites for hydroxylation is 2. The number of thioether (sulfide) groups is 1. The Kier molecular flexibility index (Phi) is 6.01. The van der Waals surface area contributed by atoms with Crippen molar-refractivity contribution < 1.29 is 4.79 Å². The first-order chi connectivity index (χ1) is 12.6. The van der Waals surface area contributed by atoms with Gasteiger partial charge in [-0.2, -0.15) is 0 Å². The van der Waals surface area contributed by atoms with E-state index in [4.69, 9.17) is 0 Å². The fourth-order valence-corrected chi connectivity index (χ4v) is 3.27. The highest BCUT2D eigenvalue weighted by Gasteiger charge is 2.06. The van der Waals surface area contributed by atoms with E-state index < -0.39 is 0 Å². The van der Waals surface area contributed by atoms with Crippen molar-refractivity contribution in [2.75, 3.05) is 5.75 Å². The van der Waals surface area contributed by atoms with Gasteiger partial charge in [-0.05, 0) is 31.0 Å². The third-order valence-electron chi connectivity index (χ3n) is 3.73. The molecule has 0 aliphatic heterocycles. The molecule has 0 fully saturated rings. The van der Waals surface area contributed by atoms with E-state index in [1.165, 1.54) is 17.3 Å². The highest BCUT2D eigenvalue weighted by Crippen LogP contribution is 2.13. The second kappa shape index (κ2) is 8.62. The lowest BCUT2D eigenvalue weighted by atomic mass is 10.1. The average molecular weight is 367 g/mol. The number of amides is 1. The van der Waals surface area contributed by atoms with E-state index in [1.807, 2.05) is 42.8 Å². The molecule has 0 radical (unpaired) electrons. The number of nitrogens with zero attached hydrogens (tertiary/aromatic N) is 4. The molecule has 0 atom stereocenters. The lowest BCUT2D eigenvalue weighted by Gasteiger charge is -2.07. The van der Waals surface area contributed by atoms with Crippen LogP contribution in [0.4, 0.5) is 0 Å². The summed E-state index contributed by atoms with van der Waals surface area (Å²) in [6.45, 7) is 5.15. The van der Waals surface area contributed by atoms with Gasteiger partial charge in [0.1, 0.15) is 0 Å². The van der Waals surface area contributed by atoms with Crippen LogP contribution in [0.2, 0.25) is 0 Å². The van der Waals surface area contributed by atoms with Gasteiger partial charge in [0.05, 0.1) is 12.1 Å². The summed E-state index contributed by atoms with van der Waals surface area (Å²) in [5.41, 5.74) is 4.09. The molecule has 2 aromatic heterocycles. The van der Waals surface area contributed by atoms with Crippen LogP contribution in [-0.2, 0) is 17.9 Å². The molecular formula is C19H21N5OS. The minimum Gasteiger partial charge on any atom is -0.351 e. The number of benzene rings is 1. The summed E-state index contributed by atoms with van der Waals surface area (Å²) in [7, 11) is 0. The largest absolute Gasteiger partial charge is 0.351 e. The number of aromatic nitrogens is 4. The number of rotatable bonds is 7. The van der Waals surface area contributed by atoms with Crippen molar-refractivity contribution in [3.05, 3.63) is 71.6 Å². The van der Waals surface area contributed by atoms with Gasteiger partial charge < -0.3 is 9.88 Å². The third kappa shape index (κ3) is 5.42. The molecule has 0 unspecified atom stereocenters. The molecule has 1 N–H and O–H groups in total. The Morgan fingerprint density at radius 2 is 1.81 bits per heavy atom. The molecule has 6 nitrogen and oxygen atoms in total. The number of imidazole rings is 1. The molecule has 0 saturated heterocycles. The summed E-state index contributed by atoms with van der Waals surface area (Å²) < 4.78 is 2.02. The maximum atomic E-state index is 12.0. The van der Waals surface area contributed by atoms with Crippen molar-refractivity contribution in [1.29, 1.82) is 0 Å². The molecule has 26 heavy (non-hydrogen) atoms. The first-order valence-electron chi connectivity index (χ1n) is 8.34. The van der Waals surface area contributed by atoms with Gasteiger partial charge in [-0.3, -0.25) is 4.79 Å². The molecule has 1 aromatic carbocycles. The third-order valence-corrected chi connectivity index (χ3v) is 4.58. The van der Waals surface area contributed by atoms with E-state index in [2.05, 4.69) is 32.4 Å². The highest BCUT2D eigenvalue weighted by molar-refractivity contribution is 7.99. The maximum Gasteiger partial charge on any atom is 0.230 e. The highest BCUT2D eigenvalue weighted by atomic mass is 32.2. The van der Waals surface area contributed by atoms with Crippen LogP contribution < -0.4 is 5.32 Å². The minimum atomic E-state index is -0.0275. The predicted molar refractivity (Wildman–Crippen MR) is 102 cm³/mol. The summed E-state index contributed by atoms with van der Waals surface area (Å²) in [5.74, 6) is 0.280. The van der Waals surface area contributed by atoms with E-state index in [9.17, 15) is 4.79 Å². The van der Waals surface area contributed by atoms with Crippen LogP contribution in [0.5, 0.6) is 0 Å². The van der Waals surface area contributed by atoms with Crippen LogP contribution in [0.1, 0.15) is 22.5 Å². The zero-order valence-corrected chi connectivity index (χ0v) is 15.7. The van der Waals surface area contributed by atoms with E-state index >= 15 is 0 Å². The molecular weight excluding hydrogens is 346 g/mol. The van der Waals surface area contributed by atoms with Crippen molar-refractivity contribution >= 4 is 17.7 Å². The quantitative estimate of drug-likeness (QED) is 0.513. The van der Waals surface area contributed by atoms with E-state index in [1.54, 1.807) is 12.5 Å². The number of hydrogen-bond acceptors (Lipinski definition) is 5. The topological polar surface area (TPSA) is 72.7 Å². The van der Waals surface area contributed by atoms with Crippen LogP contribution in [-0.4, -0.2) is 31.2 Å². The Bertz CT molecular complexity index is 842. The Morgan fingerprint density at radius 1 is 1.12 bits per heavy atom. The summed E-state index contributed by atoms with van der Waals surface area (Å²) in [5, 5.41) is 3.57. The first kappa shape index (κ1) is 18.1. The SMILES string of the molecule is Cc1cc(C)nc(SCC(=O)NCc2ccc(Cn3ccnc3)cc2)n1. The second-order valence-corrected chi connectivity index (χ2v) is 6.99. The molecule has 134 valence electrons. The van der Waals surface area contributed by atoms with Gasteiger partial charge in [-0.15, -0.1) is 0 Å². The minimum absolute atomic E-state index is 0.0275. The lowest BCUT2D eigenvalue weighted by molar-refractivity contribution is -0.118. The second-order valence-electron chi connectivity index (χ2n) is 6.05. The van der Waals surface area contributed by atoms with Gasteiger partial charge in [0.2, 0.25) is 5.91 Å². The fraction of sp³-hybridized carbons (Fsp3) is 0.263. The van der Waals surface area contributed by atoms with Crippen molar-refractivity contribution in [2.45, 2.75) is 32.1 Å². The molecule has 0 spiro atoms. The van der Waals surface area contributed by atoms with Gasteiger partial charge in [0, 0.05) is 36.9 Å². The van der Waals surface area contributed by atoms with Gasteiger partial charge >= 0.3 is 0 Å². The Balaban J connectivity index is 1.45. The molecule has 0 bridgehead atoms. The van der Waals surface area contributed by atoms with Crippen LogP contribution in [0.25, 0.3) is 0 Å². The Labute approximate surface area is 157 Å². The number of carbonyl (C=O) groups excluding carboxylic acids is 1. The standard InChI is InChI=1S/C19H21N5OS/c1-14-9-15(2)23-19(22-14)26-12-18(25)21-10-16-3-5-17(6-4-16)11-24-8-7-20-13-24/h3-9,13H,10-12H2,1-2H3,(H,21,25). The van der Waals surface area contributed by atoms with Crippen LogP contribution in [0, 0.1) is 13.8 Å². The number of nitrogens with one attached hydrogen (secondary N) is 1. The first-order valence-corrected chi connectivity index (χ1v) is 9.32. The lowest BCUT2D eigenvalue weighted by Crippen LogP contribution is -2.24. The zero-order chi connectivity index (χ0) is 18.4. The summed E-state index contributed by atoms with van der Waals surface area (Å²) >= 11 is 1.35. The van der Waals surface area contributed by atoms with Crippen molar-refractivity contribution in [1.82, 2.24) is 24.8 Å². The molecule has 1 amide bonds. The zero-order valence-electron chi connectivity index (χ0n) is 14.8. The van der Waals surface area contributed by atoms with Gasteiger partial charge in [-0.1, -0.05) is 36.0 Å². The van der Waals surface area contributed by atoms with Crippen LogP contribution in [0.3, 0.4) is 0 Å². The van der Waals surface area contributed by atoms with E-state index in [0.717, 1.165) is 23.5 Å². The van der Waals surface area contributed by atoms with Gasteiger partial charge in [0.15, 0.2) is 5.16 Å². The normalized spacial score (nSPS) is 10.7. The molecule has 2 heterocycles. The van der Waals surface area contributed by atoms with E-state index in [0.29, 0.717) is 17.5 Å². The Hall–Kier alpha value is -2.67. The summed E-state index contributed by atoms with van der Waals surface area (Å²) in [6.07, 6.45) is 5.50. The van der Waals surface area contributed by atoms with Crippen LogP contribution in [0.15, 0.2) is 54.2 Å².